The summed E-state index contributed by atoms with van der Waals surface area (Å²) >= 11 is 9.51. The highest BCUT2D eigenvalue weighted by molar-refractivity contribution is 9.10. The van der Waals surface area contributed by atoms with Crippen LogP contribution in [0.15, 0.2) is 28.7 Å². The van der Waals surface area contributed by atoms with Crippen molar-refractivity contribution in [1.29, 1.82) is 0 Å². The van der Waals surface area contributed by atoms with Crippen LogP contribution in [0.1, 0.15) is 24.0 Å². The van der Waals surface area contributed by atoms with E-state index < -0.39 is 0 Å². The molecule has 3 nitrogen and oxygen atoms in total. The second-order valence-corrected chi connectivity index (χ2v) is 5.22. The van der Waals surface area contributed by atoms with E-state index >= 15 is 0 Å². The molecule has 0 saturated carbocycles. The predicted molar refractivity (Wildman–Crippen MR) is 79.9 cm³/mol. The SMILES string of the molecule is CCc1nc(Cc2cccc(OC)c2)nc(Cl)c1Br. The first-order valence-electron chi connectivity index (χ1n) is 5.97. The number of benzene rings is 1. The largest absolute Gasteiger partial charge is 0.497 e. The summed E-state index contributed by atoms with van der Waals surface area (Å²) in [5, 5.41) is 0.463. The molecule has 0 aliphatic heterocycles. The minimum atomic E-state index is 0.463. The minimum Gasteiger partial charge on any atom is -0.497 e. The van der Waals surface area contributed by atoms with Crippen LogP contribution in [-0.2, 0) is 12.8 Å². The summed E-state index contributed by atoms with van der Waals surface area (Å²) in [6, 6.07) is 7.87. The van der Waals surface area contributed by atoms with Crippen molar-refractivity contribution in [2.45, 2.75) is 19.8 Å². The van der Waals surface area contributed by atoms with E-state index in [1.54, 1.807) is 7.11 Å². The van der Waals surface area contributed by atoms with Crippen LogP contribution in [-0.4, -0.2) is 17.1 Å². The molecular formula is C14H14BrClN2O. The molecule has 0 spiro atoms. The number of nitrogens with zero attached hydrogens (tertiary/aromatic N) is 2. The van der Waals surface area contributed by atoms with Gasteiger partial charge in [-0.15, -0.1) is 0 Å². The molecule has 2 aromatic rings. The fraction of sp³-hybridized carbons (Fsp3) is 0.286. The monoisotopic (exact) mass is 340 g/mol. The standard InChI is InChI=1S/C14H14BrClN2O/c1-3-11-13(15)14(16)18-12(17-11)8-9-5-4-6-10(7-9)19-2/h4-7H,3,8H2,1-2H3. The number of hydrogen-bond donors (Lipinski definition) is 0. The lowest BCUT2D eigenvalue weighted by Crippen LogP contribution is -2.02. The smallest absolute Gasteiger partial charge is 0.147 e. The molecule has 0 radical (unpaired) electrons. The van der Waals surface area contributed by atoms with Gasteiger partial charge in [0.1, 0.15) is 16.7 Å². The molecule has 0 amide bonds. The van der Waals surface area contributed by atoms with E-state index in [4.69, 9.17) is 16.3 Å². The Morgan fingerprint density at radius 3 is 2.79 bits per heavy atom. The highest BCUT2D eigenvalue weighted by Crippen LogP contribution is 2.24. The van der Waals surface area contributed by atoms with E-state index in [2.05, 4.69) is 25.9 Å². The van der Waals surface area contributed by atoms with Gasteiger partial charge in [0, 0.05) is 6.42 Å². The first-order valence-corrected chi connectivity index (χ1v) is 7.14. The van der Waals surface area contributed by atoms with Crippen LogP contribution >= 0.6 is 27.5 Å². The van der Waals surface area contributed by atoms with Gasteiger partial charge in [-0.25, -0.2) is 9.97 Å². The number of aryl methyl sites for hydroxylation is 1. The number of hydrogen-bond acceptors (Lipinski definition) is 3. The van der Waals surface area contributed by atoms with Crippen LogP contribution in [0.4, 0.5) is 0 Å². The number of methoxy groups -OCH3 is 1. The van der Waals surface area contributed by atoms with Crippen molar-refractivity contribution in [2.75, 3.05) is 7.11 Å². The van der Waals surface area contributed by atoms with Gasteiger partial charge in [-0.3, -0.25) is 0 Å². The first-order chi connectivity index (χ1) is 9.13. The Labute approximate surface area is 126 Å². The maximum atomic E-state index is 6.10. The third-order valence-electron chi connectivity index (χ3n) is 2.76. The topological polar surface area (TPSA) is 35.0 Å². The Morgan fingerprint density at radius 2 is 2.11 bits per heavy atom. The molecule has 0 atom stereocenters. The fourth-order valence-electron chi connectivity index (χ4n) is 1.79. The summed E-state index contributed by atoms with van der Waals surface area (Å²) in [5.74, 6) is 1.55. The van der Waals surface area contributed by atoms with Crippen molar-refractivity contribution < 1.29 is 4.74 Å². The average molecular weight is 342 g/mol. The Balaban J connectivity index is 2.30. The number of aromatic nitrogens is 2. The van der Waals surface area contributed by atoms with Gasteiger partial charge in [0.15, 0.2) is 0 Å². The molecule has 1 heterocycles. The molecule has 100 valence electrons. The van der Waals surface area contributed by atoms with Gasteiger partial charge in [-0.2, -0.15) is 0 Å². The van der Waals surface area contributed by atoms with Gasteiger partial charge >= 0.3 is 0 Å². The normalized spacial score (nSPS) is 10.5. The van der Waals surface area contributed by atoms with E-state index in [0.717, 1.165) is 33.7 Å². The Bertz CT molecular complexity index is 590. The van der Waals surface area contributed by atoms with Crippen LogP contribution < -0.4 is 4.74 Å². The van der Waals surface area contributed by atoms with Gasteiger partial charge in [0.05, 0.1) is 17.3 Å². The molecule has 0 saturated heterocycles. The maximum absolute atomic E-state index is 6.10. The van der Waals surface area contributed by atoms with E-state index in [1.807, 2.05) is 31.2 Å². The Morgan fingerprint density at radius 1 is 1.32 bits per heavy atom. The van der Waals surface area contributed by atoms with E-state index in [1.165, 1.54) is 0 Å². The van der Waals surface area contributed by atoms with Crippen LogP contribution in [0, 0.1) is 0 Å². The Hall–Kier alpha value is -1.13. The van der Waals surface area contributed by atoms with Crippen molar-refractivity contribution in [3.8, 4) is 5.75 Å². The molecule has 1 aromatic carbocycles. The van der Waals surface area contributed by atoms with Crippen LogP contribution in [0.25, 0.3) is 0 Å². The number of rotatable bonds is 4. The maximum Gasteiger partial charge on any atom is 0.147 e. The zero-order valence-corrected chi connectivity index (χ0v) is 13.1. The summed E-state index contributed by atoms with van der Waals surface area (Å²) in [6.45, 7) is 2.04. The zero-order chi connectivity index (χ0) is 13.8. The van der Waals surface area contributed by atoms with Crippen molar-refractivity contribution in [3.63, 3.8) is 0 Å². The van der Waals surface area contributed by atoms with Crippen molar-refractivity contribution >= 4 is 27.5 Å². The third-order valence-corrected chi connectivity index (χ3v) is 4.09. The molecule has 2 rings (SSSR count). The Kier molecular flexibility index (Phi) is 4.77. The molecule has 0 aliphatic carbocycles. The fourth-order valence-corrected chi connectivity index (χ4v) is 2.45. The molecule has 0 bridgehead atoms. The highest BCUT2D eigenvalue weighted by atomic mass is 79.9. The van der Waals surface area contributed by atoms with E-state index in [-0.39, 0.29) is 0 Å². The predicted octanol–water partition coefficient (Wildman–Crippen LogP) is 4.05. The molecule has 19 heavy (non-hydrogen) atoms. The van der Waals surface area contributed by atoms with Gasteiger partial charge in [0.2, 0.25) is 0 Å². The molecule has 0 aliphatic rings. The lowest BCUT2D eigenvalue weighted by atomic mass is 10.1. The van der Waals surface area contributed by atoms with Gasteiger partial charge in [-0.1, -0.05) is 30.7 Å². The summed E-state index contributed by atoms with van der Waals surface area (Å²) < 4.78 is 5.99. The van der Waals surface area contributed by atoms with Crippen molar-refractivity contribution in [2.24, 2.45) is 0 Å². The lowest BCUT2D eigenvalue weighted by Gasteiger charge is -2.07. The summed E-state index contributed by atoms with van der Waals surface area (Å²) in [7, 11) is 1.65. The van der Waals surface area contributed by atoms with Crippen molar-refractivity contribution in [3.05, 3.63) is 51.0 Å². The van der Waals surface area contributed by atoms with E-state index in [0.29, 0.717) is 11.6 Å². The van der Waals surface area contributed by atoms with Gasteiger partial charge in [0.25, 0.3) is 0 Å². The number of ether oxygens (including phenoxy) is 1. The second-order valence-electron chi connectivity index (χ2n) is 4.07. The second kappa shape index (κ2) is 6.35. The lowest BCUT2D eigenvalue weighted by molar-refractivity contribution is 0.414. The molecule has 1 aromatic heterocycles. The van der Waals surface area contributed by atoms with Crippen molar-refractivity contribution in [1.82, 2.24) is 9.97 Å². The molecule has 5 heteroatoms. The van der Waals surface area contributed by atoms with Crippen LogP contribution in [0.2, 0.25) is 5.15 Å². The van der Waals surface area contributed by atoms with Gasteiger partial charge in [-0.05, 0) is 40.0 Å². The van der Waals surface area contributed by atoms with Crippen LogP contribution in [0.3, 0.4) is 0 Å². The van der Waals surface area contributed by atoms with E-state index in [9.17, 15) is 0 Å². The summed E-state index contributed by atoms with van der Waals surface area (Å²) in [6.07, 6.45) is 1.45. The summed E-state index contributed by atoms with van der Waals surface area (Å²) in [4.78, 5) is 8.82. The minimum absolute atomic E-state index is 0.463. The molecule has 0 N–H and O–H groups in total. The quantitative estimate of drug-likeness (QED) is 0.787. The average Bonchev–Trinajstić information content (AvgIpc) is 2.43. The zero-order valence-electron chi connectivity index (χ0n) is 10.8. The third kappa shape index (κ3) is 3.45. The first kappa shape index (κ1) is 14.3. The van der Waals surface area contributed by atoms with Gasteiger partial charge < -0.3 is 4.74 Å². The molecule has 0 fully saturated rings. The molecule has 0 unspecified atom stereocenters. The van der Waals surface area contributed by atoms with Crippen LogP contribution in [0.5, 0.6) is 5.75 Å². The summed E-state index contributed by atoms with van der Waals surface area (Å²) in [5.41, 5.74) is 2.03. The number of halogens is 2. The molecular weight excluding hydrogens is 328 g/mol. The highest BCUT2D eigenvalue weighted by Gasteiger charge is 2.10.